The van der Waals surface area contributed by atoms with Crippen LogP contribution in [0.2, 0.25) is 0 Å². The quantitative estimate of drug-likeness (QED) is 0.819. The molecule has 2 heterocycles. The Labute approximate surface area is 143 Å². The first-order valence-corrected chi connectivity index (χ1v) is 8.02. The molecule has 1 aliphatic heterocycles. The van der Waals surface area contributed by atoms with E-state index in [1.807, 2.05) is 18.7 Å². The summed E-state index contributed by atoms with van der Waals surface area (Å²) in [6.45, 7) is 4.55. The summed E-state index contributed by atoms with van der Waals surface area (Å²) in [7, 11) is 0. The van der Waals surface area contributed by atoms with E-state index in [0.717, 1.165) is 18.9 Å². The van der Waals surface area contributed by atoms with Crippen LogP contribution in [0.25, 0.3) is 0 Å². The molecule has 1 aliphatic rings. The second-order valence-corrected chi connectivity index (χ2v) is 6.34. The van der Waals surface area contributed by atoms with Crippen molar-refractivity contribution in [3.63, 3.8) is 0 Å². The summed E-state index contributed by atoms with van der Waals surface area (Å²) in [4.78, 5) is 6.33. The maximum atomic E-state index is 13.0. The number of nitrogens with zero attached hydrogens (tertiary/aromatic N) is 4. The fourth-order valence-corrected chi connectivity index (χ4v) is 3.01. The molecule has 1 aromatic heterocycles. The van der Waals surface area contributed by atoms with Crippen molar-refractivity contribution in [3.05, 3.63) is 41.0 Å². The molecule has 0 spiro atoms. The van der Waals surface area contributed by atoms with Crippen molar-refractivity contribution in [2.75, 3.05) is 11.4 Å². The van der Waals surface area contributed by atoms with Gasteiger partial charge in [-0.1, -0.05) is 19.0 Å². The molecule has 8 heteroatoms. The lowest BCUT2D eigenvalue weighted by Crippen LogP contribution is -2.24. The number of hydrogen-bond donors (Lipinski definition) is 0. The van der Waals surface area contributed by atoms with Gasteiger partial charge in [-0.3, -0.25) is 0 Å². The molecule has 0 amide bonds. The van der Waals surface area contributed by atoms with Gasteiger partial charge in [-0.15, -0.1) is 0 Å². The zero-order valence-electron chi connectivity index (χ0n) is 13.8. The van der Waals surface area contributed by atoms with Gasteiger partial charge >= 0.3 is 6.18 Å². The predicted molar refractivity (Wildman–Crippen MR) is 83.9 cm³/mol. The maximum Gasteiger partial charge on any atom is 0.417 e. The van der Waals surface area contributed by atoms with E-state index < -0.39 is 11.7 Å². The smallest absolute Gasteiger partial charge is 0.361 e. The zero-order chi connectivity index (χ0) is 18.2. The summed E-state index contributed by atoms with van der Waals surface area (Å²) >= 11 is 0. The summed E-state index contributed by atoms with van der Waals surface area (Å²) in [6.07, 6.45) is -2.91. The highest BCUT2D eigenvalue weighted by atomic mass is 19.4. The van der Waals surface area contributed by atoms with Gasteiger partial charge in [0.1, 0.15) is 0 Å². The normalized spacial score (nSPS) is 18.0. The molecule has 0 bridgehead atoms. The first-order chi connectivity index (χ1) is 11.8. The van der Waals surface area contributed by atoms with Gasteiger partial charge in [-0.2, -0.15) is 23.4 Å². The molecule has 1 atom stereocenters. The monoisotopic (exact) mass is 350 g/mol. The van der Waals surface area contributed by atoms with Crippen LogP contribution in [0.5, 0.6) is 0 Å². The summed E-state index contributed by atoms with van der Waals surface area (Å²) in [5.74, 6) is 1.17. The van der Waals surface area contributed by atoms with Gasteiger partial charge in [0.2, 0.25) is 5.89 Å². The van der Waals surface area contributed by atoms with Gasteiger partial charge in [0, 0.05) is 18.2 Å². The number of nitriles is 1. The molecule has 0 radical (unpaired) electrons. The van der Waals surface area contributed by atoms with E-state index in [-0.39, 0.29) is 17.5 Å². The van der Waals surface area contributed by atoms with Crippen molar-refractivity contribution in [3.8, 4) is 6.07 Å². The average molecular weight is 350 g/mol. The highest BCUT2D eigenvalue weighted by Gasteiger charge is 2.35. The number of benzene rings is 1. The topological polar surface area (TPSA) is 66.0 Å². The van der Waals surface area contributed by atoms with Crippen molar-refractivity contribution in [1.82, 2.24) is 10.1 Å². The minimum atomic E-state index is -4.55. The van der Waals surface area contributed by atoms with Crippen LogP contribution in [0, 0.1) is 11.3 Å². The van der Waals surface area contributed by atoms with Crippen molar-refractivity contribution >= 4 is 5.69 Å². The molecule has 1 saturated heterocycles. The van der Waals surface area contributed by atoms with Gasteiger partial charge in [-0.05, 0) is 31.0 Å². The van der Waals surface area contributed by atoms with Gasteiger partial charge in [0.15, 0.2) is 5.82 Å². The lowest BCUT2D eigenvalue weighted by molar-refractivity contribution is -0.137. The van der Waals surface area contributed by atoms with Gasteiger partial charge < -0.3 is 9.42 Å². The maximum absolute atomic E-state index is 13.0. The molecule has 132 valence electrons. The summed E-state index contributed by atoms with van der Waals surface area (Å²) < 4.78 is 44.1. The Morgan fingerprint density at radius 2 is 2.12 bits per heavy atom. The SMILES string of the molecule is CC(C)c1nc(C2CCCN2c2ccc(C(F)(F)F)c(C#N)c2)no1. The summed E-state index contributed by atoms with van der Waals surface area (Å²) in [5, 5.41) is 13.1. The molecular weight excluding hydrogens is 333 g/mol. The third kappa shape index (κ3) is 3.31. The van der Waals surface area contributed by atoms with Crippen molar-refractivity contribution in [1.29, 1.82) is 5.26 Å². The fourth-order valence-electron chi connectivity index (χ4n) is 3.01. The Kier molecular flexibility index (Phi) is 4.41. The molecule has 0 aliphatic carbocycles. The second-order valence-electron chi connectivity index (χ2n) is 6.34. The predicted octanol–water partition coefficient (Wildman–Crippen LogP) is 4.42. The molecule has 0 N–H and O–H groups in total. The molecule has 0 saturated carbocycles. The van der Waals surface area contributed by atoms with E-state index in [9.17, 15) is 13.2 Å². The van der Waals surface area contributed by atoms with E-state index >= 15 is 0 Å². The standard InChI is InChI=1S/C17H17F3N4O/c1-10(2)16-22-15(23-25-16)14-4-3-7-24(14)12-5-6-13(17(18,19)20)11(8-12)9-21/h5-6,8,10,14H,3-4,7H2,1-2H3. The van der Waals surface area contributed by atoms with Crippen LogP contribution in [-0.4, -0.2) is 16.7 Å². The van der Waals surface area contributed by atoms with E-state index in [2.05, 4.69) is 10.1 Å². The van der Waals surface area contributed by atoms with Gasteiger partial charge in [-0.25, -0.2) is 0 Å². The number of halogens is 3. The van der Waals surface area contributed by atoms with E-state index in [1.165, 1.54) is 12.1 Å². The van der Waals surface area contributed by atoms with Crippen LogP contribution in [0.15, 0.2) is 22.7 Å². The molecule has 25 heavy (non-hydrogen) atoms. The largest absolute Gasteiger partial charge is 0.417 e. The molecule has 1 aromatic carbocycles. The first kappa shape index (κ1) is 17.3. The first-order valence-electron chi connectivity index (χ1n) is 8.02. The second kappa shape index (κ2) is 6.39. The van der Waals surface area contributed by atoms with Crippen molar-refractivity contribution in [2.24, 2.45) is 0 Å². The Hall–Kier alpha value is -2.56. The number of rotatable bonds is 3. The van der Waals surface area contributed by atoms with Crippen LogP contribution in [0.1, 0.15) is 61.5 Å². The highest BCUT2D eigenvalue weighted by Crippen LogP contribution is 2.38. The number of hydrogen-bond acceptors (Lipinski definition) is 5. The Morgan fingerprint density at radius 1 is 1.36 bits per heavy atom. The van der Waals surface area contributed by atoms with Crippen molar-refractivity contribution < 1.29 is 17.7 Å². The third-order valence-electron chi connectivity index (χ3n) is 4.26. The van der Waals surface area contributed by atoms with Crippen LogP contribution in [0.3, 0.4) is 0 Å². The van der Waals surface area contributed by atoms with E-state index in [4.69, 9.17) is 9.78 Å². The summed E-state index contributed by atoms with van der Waals surface area (Å²) in [6, 6.07) is 5.11. The van der Waals surface area contributed by atoms with Crippen LogP contribution >= 0.6 is 0 Å². The average Bonchev–Trinajstić information content (AvgIpc) is 3.22. The molecule has 1 unspecified atom stereocenters. The van der Waals surface area contributed by atoms with Crippen LogP contribution in [-0.2, 0) is 6.18 Å². The number of alkyl halides is 3. The van der Waals surface area contributed by atoms with Gasteiger partial charge in [0.25, 0.3) is 0 Å². The lowest BCUT2D eigenvalue weighted by Gasteiger charge is -2.25. The van der Waals surface area contributed by atoms with E-state index in [1.54, 1.807) is 6.07 Å². The minimum absolute atomic E-state index is 0.104. The van der Waals surface area contributed by atoms with Crippen LogP contribution < -0.4 is 4.90 Å². The zero-order valence-corrected chi connectivity index (χ0v) is 13.8. The lowest BCUT2D eigenvalue weighted by atomic mass is 10.1. The molecular formula is C17H17F3N4O. The molecule has 3 rings (SSSR count). The van der Waals surface area contributed by atoms with Crippen LogP contribution in [0.4, 0.5) is 18.9 Å². The van der Waals surface area contributed by atoms with Gasteiger partial charge in [0.05, 0.1) is 23.2 Å². The minimum Gasteiger partial charge on any atom is -0.361 e. The molecule has 1 fully saturated rings. The molecule has 5 nitrogen and oxygen atoms in total. The number of anilines is 1. The summed E-state index contributed by atoms with van der Waals surface area (Å²) in [5.41, 5.74) is -0.745. The highest BCUT2D eigenvalue weighted by molar-refractivity contribution is 5.56. The van der Waals surface area contributed by atoms with Crippen molar-refractivity contribution in [2.45, 2.75) is 44.8 Å². The Morgan fingerprint density at radius 3 is 2.72 bits per heavy atom. The third-order valence-corrected chi connectivity index (χ3v) is 4.26. The Bertz CT molecular complexity index is 807. The number of aromatic nitrogens is 2. The molecule has 2 aromatic rings. The van der Waals surface area contributed by atoms with E-state index in [0.29, 0.717) is 23.9 Å². The Balaban J connectivity index is 1.93. The fraction of sp³-hybridized carbons (Fsp3) is 0.471.